The number of ether oxygens (including phenoxy) is 2. The van der Waals surface area contributed by atoms with Crippen LogP contribution in [0.3, 0.4) is 0 Å². The summed E-state index contributed by atoms with van der Waals surface area (Å²) in [6, 6.07) is 1.15. The minimum atomic E-state index is -0.399. The summed E-state index contributed by atoms with van der Waals surface area (Å²) in [5.74, 6) is 0.0685. The second-order valence-electron chi connectivity index (χ2n) is 4.67. The van der Waals surface area contributed by atoms with E-state index in [9.17, 15) is 9.59 Å². The van der Waals surface area contributed by atoms with Crippen molar-refractivity contribution in [1.29, 1.82) is 0 Å². The third-order valence-corrected chi connectivity index (χ3v) is 2.50. The maximum absolute atomic E-state index is 11.8. The zero-order valence-electron chi connectivity index (χ0n) is 12.4. The van der Waals surface area contributed by atoms with Crippen molar-refractivity contribution in [1.82, 2.24) is 15.1 Å². The van der Waals surface area contributed by atoms with Crippen molar-refractivity contribution in [2.24, 2.45) is 5.73 Å². The van der Waals surface area contributed by atoms with Gasteiger partial charge in [0, 0.05) is 32.4 Å². The number of methoxy groups -OCH3 is 1. The maximum atomic E-state index is 11.8. The van der Waals surface area contributed by atoms with E-state index >= 15 is 0 Å². The number of nitrogens with one attached hydrogen (secondary N) is 1. The largest absolute Gasteiger partial charge is 0.490 e. The van der Waals surface area contributed by atoms with E-state index in [2.05, 4.69) is 10.4 Å². The van der Waals surface area contributed by atoms with Gasteiger partial charge in [-0.25, -0.2) is 4.68 Å². The van der Waals surface area contributed by atoms with Gasteiger partial charge in [-0.3, -0.25) is 9.59 Å². The predicted molar refractivity (Wildman–Crippen MR) is 77.1 cm³/mol. The number of nitrogens with two attached hydrogens (primary N) is 1. The second kappa shape index (κ2) is 9.09. The molecule has 0 aliphatic rings. The van der Waals surface area contributed by atoms with Crippen LogP contribution in [0.4, 0.5) is 0 Å². The monoisotopic (exact) mass is 298 g/mol. The van der Waals surface area contributed by atoms with E-state index in [1.807, 2.05) is 0 Å². The molecule has 0 radical (unpaired) electrons. The average Bonchev–Trinajstić information content (AvgIpc) is 2.44. The van der Waals surface area contributed by atoms with Gasteiger partial charge in [-0.15, -0.1) is 0 Å². The maximum Gasteiger partial charge on any atom is 0.270 e. The average molecular weight is 298 g/mol. The van der Waals surface area contributed by atoms with E-state index < -0.39 is 5.56 Å². The number of hydrogen-bond donors (Lipinski definition) is 2. The van der Waals surface area contributed by atoms with E-state index in [4.69, 9.17) is 15.2 Å². The molecule has 0 saturated heterocycles. The second-order valence-corrected chi connectivity index (χ2v) is 4.67. The van der Waals surface area contributed by atoms with Crippen LogP contribution in [0, 0.1) is 0 Å². The molecule has 3 N–H and O–H groups in total. The Morgan fingerprint density at radius 1 is 1.57 bits per heavy atom. The molecule has 1 aromatic rings. The Balaban J connectivity index is 2.48. The Morgan fingerprint density at radius 3 is 2.95 bits per heavy atom. The van der Waals surface area contributed by atoms with Crippen molar-refractivity contribution in [3.63, 3.8) is 0 Å². The van der Waals surface area contributed by atoms with Crippen molar-refractivity contribution in [2.75, 3.05) is 26.9 Å². The first kappa shape index (κ1) is 17.1. The van der Waals surface area contributed by atoms with Gasteiger partial charge in [0.25, 0.3) is 5.56 Å². The molecule has 0 bridgehead atoms. The van der Waals surface area contributed by atoms with E-state index in [-0.39, 0.29) is 18.5 Å². The van der Waals surface area contributed by atoms with Crippen LogP contribution in [0.5, 0.6) is 5.75 Å². The highest BCUT2D eigenvalue weighted by atomic mass is 16.5. The molecule has 8 heteroatoms. The van der Waals surface area contributed by atoms with Crippen LogP contribution in [0.1, 0.15) is 13.3 Å². The lowest BCUT2D eigenvalue weighted by Crippen LogP contribution is -2.34. The van der Waals surface area contributed by atoms with Crippen LogP contribution in [0.2, 0.25) is 0 Å². The summed E-state index contributed by atoms with van der Waals surface area (Å²) in [5, 5.41) is 6.57. The van der Waals surface area contributed by atoms with Crippen molar-refractivity contribution < 1.29 is 14.3 Å². The summed E-state index contributed by atoms with van der Waals surface area (Å²) in [5.41, 5.74) is 5.15. The molecular weight excluding hydrogens is 276 g/mol. The highest BCUT2D eigenvalue weighted by Crippen LogP contribution is 2.03. The molecule has 0 fully saturated rings. The normalized spacial score (nSPS) is 12.0. The van der Waals surface area contributed by atoms with Crippen LogP contribution >= 0.6 is 0 Å². The zero-order chi connectivity index (χ0) is 15.7. The number of aromatic nitrogens is 2. The lowest BCUT2D eigenvalue weighted by Gasteiger charge is -2.09. The van der Waals surface area contributed by atoms with Crippen molar-refractivity contribution >= 4 is 5.91 Å². The molecule has 21 heavy (non-hydrogen) atoms. The molecular formula is C13H22N4O4. The highest BCUT2D eigenvalue weighted by Gasteiger charge is 2.07. The predicted octanol–water partition coefficient (Wildman–Crippen LogP) is -0.878. The first-order valence-electron chi connectivity index (χ1n) is 6.74. The summed E-state index contributed by atoms with van der Waals surface area (Å²) in [6.07, 6.45) is 2.11. The number of hydrogen-bond acceptors (Lipinski definition) is 6. The number of amides is 1. The lowest BCUT2D eigenvalue weighted by atomic mass is 10.4. The van der Waals surface area contributed by atoms with Gasteiger partial charge in [0.15, 0.2) is 0 Å². The zero-order valence-corrected chi connectivity index (χ0v) is 12.4. The number of carbonyl (C=O) groups excluding carboxylic acids is 1. The van der Waals surface area contributed by atoms with Gasteiger partial charge in [-0.1, -0.05) is 0 Å². The highest BCUT2D eigenvalue weighted by molar-refractivity contribution is 5.75. The van der Waals surface area contributed by atoms with Crippen LogP contribution in [0.25, 0.3) is 0 Å². The topological polar surface area (TPSA) is 108 Å². The Bertz CT molecular complexity index is 501. The first-order chi connectivity index (χ1) is 10.0. The van der Waals surface area contributed by atoms with Crippen LogP contribution < -0.4 is 21.3 Å². The van der Waals surface area contributed by atoms with Gasteiger partial charge < -0.3 is 20.5 Å². The first-order valence-corrected chi connectivity index (χ1v) is 6.74. The standard InChI is InChI=1S/C13H22N4O4/c1-10(14)9-21-11-6-13(19)17(16-7-11)8-12(18)15-4-3-5-20-2/h6-7,10H,3-5,8-9,14H2,1-2H3,(H,15,18). The molecule has 0 aromatic carbocycles. The van der Waals surface area contributed by atoms with Crippen molar-refractivity contribution in [3.8, 4) is 5.75 Å². The molecule has 1 atom stereocenters. The smallest absolute Gasteiger partial charge is 0.270 e. The quantitative estimate of drug-likeness (QED) is 0.573. The van der Waals surface area contributed by atoms with E-state index in [1.165, 1.54) is 12.3 Å². The molecule has 1 amide bonds. The fraction of sp³-hybridized carbons (Fsp3) is 0.615. The fourth-order valence-corrected chi connectivity index (χ4v) is 1.48. The van der Waals surface area contributed by atoms with Crippen molar-refractivity contribution in [3.05, 3.63) is 22.6 Å². The van der Waals surface area contributed by atoms with Crippen LogP contribution in [0.15, 0.2) is 17.1 Å². The molecule has 1 rings (SSSR count). The summed E-state index contributed by atoms with van der Waals surface area (Å²) in [4.78, 5) is 23.4. The Morgan fingerprint density at radius 2 is 2.33 bits per heavy atom. The van der Waals surface area contributed by atoms with Gasteiger partial charge >= 0.3 is 0 Å². The van der Waals surface area contributed by atoms with Gasteiger partial charge in [0.05, 0.1) is 6.20 Å². The fourth-order valence-electron chi connectivity index (χ4n) is 1.48. The Kier molecular flexibility index (Phi) is 7.41. The molecule has 1 aromatic heterocycles. The van der Waals surface area contributed by atoms with Gasteiger partial charge in [-0.2, -0.15) is 5.10 Å². The molecule has 118 valence electrons. The van der Waals surface area contributed by atoms with Gasteiger partial charge in [0.1, 0.15) is 18.9 Å². The molecule has 0 spiro atoms. The van der Waals surface area contributed by atoms with E-state index in [0.29, 0.717) is 31.9 Å². The number of carbonyl (C=O) groups is 1. The third kappa shape index (κ3) is 6.87. The summed E-state index contributed by atoms with van der Waals surface area (Å²) in [7, 11) is 1.60. The Hall–Kier alpha value is -1.93. The van der Waals surface area contributed by atoms with Crippen molar-refractivity contribution in [2.45, 2.75) is 25.9 Å². The molecule has 8 nitrogen and oxygen atoms in total. The van der Waals surface area contributed by atoms with Gasteiger partial charge in [-0.05, 0) is 13.3 Å². The summed E-state index contributed by atoms with van der Waals surface area (Å²) >= 11 is 0. The minimum absolute atomic E-state index is 0.126. The lowest BCUT2D eigenvalue weighted by molar-refractivity contribution is -0.121. The molecule has 0 saturated carbocycles. The molecule has 0 aliphatic heterocycles. The van der Waals surface area contributed by atoms with E-state index in [0.717, 1.165) is 4.68 Å². The van der Waals surface area contributed by atoms with E-state index in [1.54, 1.807) is 14.0 Å². The number of rotatable bonds is 9. The number of nitrogens with zero attached hydrogens (tertiary/aromatic N) is 2. The minimum Gasteiger partial charge on any atom is -0.490 e. The summed E-state index contributed by atoms with van der Waals surface area (Å²) < 4.78 is 11.2. The van der Waals surface area contributed by atoms with Gasteiger partial charge in [0.2, 0.25) is 5.91 Å². The van der Waals surface area contributed by atoms with Crippen LogP contribution in [-0.2, 0) is 16.1 Å². The SMILES string of the molecule is COCCCNC(=O)Cn1ncc(OCC(C)N)cc1=O. The molecule has 1 heterocycles. The van der Waals surface area contributed by atoms with Crippen LogP contribution in [-0.4, -0.2) is 48.6 Å². The Labute approximate surface area is 123 Å². The summed E-state index contributed by atoms with van der Waals surface area (Å²) in [6.45, 7) is 3.04. The third-order valence-electron chi connectivity index (χ3n) is 2.50. The molecule has 1 unspecified atom stereocenters. The molecule has 0 aliphatic carbocycles.